The summed E-state index contributed by atoms with van der Waals surface area (Å²) in [7, 11) is 0. The number of benzene rings is 1. The quantitative estimate of drug-likeness (QED) is 0.640. The number of hydrogen-bond acceptors (Lipinski definition) is 4. The van der Waals surface area contributed by atoms with Gasteiger partial charge in [-0.1, -0.05) is 35.9 Å². The van der Waals surface area contributed by atoms with Gasteiger partial charge in [-0.3, -0.25) is 9.59 Å². The maximum absolute atomic E-state index is 12.5. The Balaban J connectivity index is 1.91. The predicted molar refractivity (Wildman–Crippen MR) is 76.8 cm³/mol. The Morgan fingerprint density at radius 1 is 1.25 bits per heavy atom. The van der Waals surface area contributed by atoms with Crippen molar-refractivity contribution in [2.24, 2.45) is 5.92 Å². The van der Waals surface area contributed by atoms with E-state index in [1.54, 1.807) is 6.07 Å². The molecule has 1 fully saturated rings. The molecule has 2 atom stereocenters. The molecule has 2 heterocycles. The molecule has 20 heavy (non-hydrogen) atoms. The topological polar surface area (TPSA) is 43.4 Å². The Morgan fingerprint density at radius 3 is 2.65 bits per heavy atom. The second kappa shape index (κ2) is 5.21. The van der Waals surface area contributed by atoms with E-state index < -0.39 is 12.0 Å². The lowest BCUT2D eigenvalue weighted by Crippen LogP contribution is -2.17. The molecule has 2 aromatic rings. The summed E-state index contributed by atoms with van der Waals surface area (Å²) < 4.78 is 5.36. The van der Waals surface area contributed by atoms with Crippen molar-refractivity contribution in [3.05, 3.63) is 57.8 Å². The fraction of sp³-hybridized carbons (Fsp3) is 0.250. The van der Waals surface area contributed by atoms with Gasteiger partial charge >= 0.3 is 5.97 Å². The number of Topliss-reactive ketones (excluding diaryl/α,β-unsaturated/α-hetero) is 1. The number of hydrogen-bond donors (Lipinski definition) is 0. The first-order valence-electron chi connectivity index (χ1n) is 6.49. The monoisotopic (exact) mass is 286 g/mol. The SMILES string of the molecule is Cc1ccc([C@H]2OC(=O)C[C@@H]2C(=O)c2cccs2)cc1. The van der Waals surface area contributed by atoms with Crippen LogP contribution >= 0.6 is 11.3 Å². The molecular weight excluding hydrogens is 272 g/mol. The van der Waals surface area contributed by atoms with Gasteiger partial charge in [0, 0.05) is 0 Å². The molecule has 0 saturated carbocycles. The van der Waals surface area contributed by atoms with Gasteiger partial charge in [0.25, 0.3) is 0 Å². The lowest BCUT2D eigenvalue weighted by atomic mass is 9.90. The zero-order valence-electron chi connectivity index (χ0n) is 11.0. The van der Waals surface area contributed by atoms with Gasteiger partial charge in [-0.25, -0.2) is 0 Å². The van der Waals surface area contributed by atoms with Gasteiger partial charge in [-0.05, 0) is 23.9 Å². The van der Waals surface area contributed by atoms with Gasteiger partial charge in [-0.2, -0.15) is 0 Å². The van der Waals surface area contributed by atoms with E-state index in [9.17, 15) is 9.59 Å². The van der Waals surface area contributed by atoms with E-state index in [0.717, 1.165) is 11.1 Å². The number of ether oxygens (including phenoxy) is 1. The Hall–Kier alpha value is -1.94. The summed E-state index contributed by atoms with van der Waals surface area (Å²) in [4.78, 5) is 24.8. The number of ketones is 1. The minimum atomic E-state index is -0.460. The van der Waals surface area contributed by atoms with E-state index in [0.29, 0.717) is 4.88 Å². The highest BCUT2D eigenvalue weighted by Gasteiger charge is 2.41. The standard InChI is InChI=1S/C16H14O3S/c1-10-4-6-11(7-5-10)16-12(9-14(17)19-16)15(18)13-3-2-8-20-13/h2-8,12,16H,9H2,1H3/t12-,16-/m1/s1. The smallest absolute Gasteiger partial charge is 0.307 e. The van der Waals surface area contributed by atoms with Crippen LogP contribution in [0.15, 0.2) is 41.8 Å². The second-order valence-corrected chi connectivity index (χ2v) is 5.92. The average Bonchev–Trinajstić information content (AvgIpc) is 3.08. The van der Waals surface area contributed by atoms with Crippen LogP contribution in [-0.2, 0) is 9.53 Å². The number of rotatable bonds is 3. The van der Waals surface area contributed by atoms with Gasteiger partial charge in [0.15, 0.2) is 5.78 Å². The van der Waals surface area contributed by atoms with Crippen LogP contribution in [-0.4, -0.2) is 11.8 Å². The van der Waals surface area contributed by atoms with Crippen molar-refractivity contribution in [2.75, 3.05) is 0 Å². The molecule has 1 aromatic carbocycles. The van der Waals surface area contributed by atoms with Crippen LogP contribution in [0.2, 0.25) is 0 Å². The summed E-state index contributed by atoms with van der Waals surface area (Å²) in [6, 6.07) is 11.4. The summed E-state index contributed by atoms with van der Waals surface area (Å²) >= 11 is 1.40. The van der Waals surface area contributed by atoms with Crippen LogP contribution in [0.5, 0.6) is 0 Å². The van der Waals surface area contributed by atoms with E-state index in [1.807, 2.05) is 42.6 Å². The maximum Gasteiger partial charge on any atom is 0.307 e. The fourth-order valence-corrected chi connectivity index (χ4v) is 3.18. The minimum absolute atomic E-state index is 0.00331. The highest BCUT2D eigenvalue weighted by atomic mass is 32.1. The van der Waals surface area contributed by atoms with E-state index in [2.05, 4.69) is 0 Å². The van der Waals surface area contributed by atoms with Crippen molar-refractivity contribution in [3.63, 3.8) is 0 Å². The molecule has 0 radical (unpaired) electrons. The lowest BCUT2D eigenvalue weighted by Gasteiger charge is -2.16. The molecule has 0 N–H and O–H groups in total. The van der Waals surface area contributed by atoms with Gasteiger partial charge < -0.3 is 4.74 Å². The summed E-state index contributed by atoms with van der Waals surface area (Å²) in [5.74, 6) is -0.717. The number of carbonyl (C=O) groups is 2. The molecule has 1 aliphatic heterocycles. The van der Waals surface area contributed by atoms with Crippen LogP contribution in [0.3, 0.4) is 0 Å². The molecule has 102 valence electrons. The summed E-state index contributed by atoms with van der Waals surface area (Å²) in [5, 5.41) is 1.87. The van der Waals surface area contributed by atoms with Crippen LogP contribution < -0.4 is 0 Å². The first-order valence-corrected chi connectivity index (χ1v) is 7.37. The number of aryl methyl sites for hydroxylation is 1. The van der Waals surface area contributed by atoms with E-state index >= 15 is 0 Å². The third kappa shape index (κ3) is 2.39. The van der Waals surface area contributed by atoms with Crippen molar-refractivity contribution in [2.45, 2.75) is 19.4 Å². The van der Waals surface area contributed by atoms with E-state index in [1.165, 1.54) is 11.3 Å². The average molecular weight is 286 g/mol. The molecule has 0 unspecified atom stereocenters. The summed E-state index contributed by atoms with van der Waals surface area (Å²) in [6.45, 7) is 2.00. The van der Waals surface area contributed by atoms with Gasteiger partial charge in [-0.15, -0.1) is 11.3 Å². The van der Waals surface area contributed by atoms with Crippen LogP contribution in [0, 0.1) is 12.8 Å². The van der Waals surface area contributed by atoms with Gasteiger partial charge in [0.2, 0.25) is 0 Å². The molecule has 0 amide bonds. The first-order chi connectivity index (χ1) is 9.65. The number of cyclic esters (lactones) is 1. The van der Waals surface area contributed by atoms with Gasteiger partial charge in [0.05, 0.1) is 17.2 Å². The van der Waals surface area contributed by atoms with Gasteiger partial charge in [0.1, 0.15) is 6.10 Å². The molecule has 1 aromatic heterocycles. The van der Waals surface area contributed by atoms with Crippen molar-refractivity contribution in [1.29, 1.82) is 0 Å². The summed E-state index contributed by atoms with van der Waals surface area (Å²) in [6.07, 6.45) is -0.298. The third-order valence-corrected chi connectivity index (χ3v) is 4.40. The van der Waals surface area contributed by atoms with Crippen molar-refractivity contribution in [1.82, 2.24) is 0 Å². The number of thiophene rings is 1. The zero-order chi connectivity index (χ0) is 14.1. The molecule has 3 rings (SSSR count). The van der Waals surface area contributed by atoms with E-state index in [4.69, 9.17) is 4.74 Å². The number of esters is 1. The highest BCUT2D eigenvalue weighted by molar-refractivity contribution is 7.12. The minimum Gasteiger partial charge on any atom is -0.457 e. The number of carbonyl (C=O) groups excluding carboxylic acids is 2. The highest BCUT2D eigenvalue weighted by Crippen LogP contribution is 2.38. The van der Waals surface area contributed by atoms with E-state index in [-0.39, 0.29) is 18.2 Å². The second-order valence-electron chi connectivity index (χ2n) is 4.97. The first kappa shape index (κ1) is 13.1. The Labute approximate surface area is 121 Å². The van der Waals surface area contributed by atoms with Crippen molar-refractivity contribution >= 4 is 23.1 Å². The molecule has 4 heteroatoms. The largest absolute Gasteiger partial charge is 0.457 e. The van der Waals surface area contributed by atoms with Crippen LogP contribution in [0.1, 0.15) is 33.3 Å². The zero-order valence-corrected chi connectivity index (χ0v) is 11.9. The summed E-state index contributed by atoms with van der Waals surface area (Å²) in [5.41, 5.74) is 2.02. The maximum atomic E-state index is 12.5. The van der Waals surface area contributed by atoms with Crippen LogP contribution in [0.4, 0.5) is 0 Å². The third-order valence-electron chi connectivity index (χ3n) is 3.52. The Kier molecular flexibility index (Phi) is 3.40. The molecule has 0 spiro atoms. The molecule has 0 bridgehead atoms. The van der Waals surface area contributed by atoms with Crippen molar-refractivity contribution < 1.29 is 14.3 Å². The Bertz CT molecular complexity index is 628. The molecule has 3 nitrogen and oxygen atoms in total. The molecule has 0 aliphatic carbocycles. The van der Waals surface area contributed by atoms with Crippen molar-refractivity contribution in [3.8, 4) is 0 Å². The molecule has 1 saturated heterocycles. The molecule has 1 aliphatic rings. The van der Waals surface area contributed by atoms with Crippen LogP contribution in [0.25, 0.3) is 0 Å². The Morgan fingerprint density at radius 2 is 2.00 bits per heavy atom. The molecular formula is C16H14O3S. The fourth-order valence-electron chi connectivity index (χ4n) is 2.45. The lowest BCUT2D eigenvalue weighted by molar-refractivity contribution is -0.141. The predicted octanol–water partition coefficient (Wildman–Crippen LogP) is 3.54. The normalized spacial score (nSPS) is 21.8.